The van der Waals surface area contributed by atoms with Crippen LogP contribution in [0.3, 0.4) is 0 Å². The van der Waals surface area contributed by atoms with Crippen LogP contribution < -0.4 is 14.2 Å². The fourth-order valence-corrected chi connectivity index (χ4v) is 4.52. The summed E-state index contributed by atoms with van der Waals surface area (Å²) in [5, 5.41) is 0. The van der Waals surface area contributed by atoms with Crippen molar-refractivity contribution in [2.45, 2.75) is 37.5 Å². The Morgan fingerprint density at radius 2 is 1.77 bits per heavy atom. The average molecular weight is 503 g/mol. The summed E-state index contributed by atoms with van der Waals surface area (Å²) in [7, 11) is -1.08. The number of hydrogen-bond acceptors (Lipinski definition) is 5. The van der Waals surface area contributed by atoms with Gasteiger partial charge in [-0.1, -0.05) is 36.4 Å². The van der Waals surface area contributed by atoms with Gasteiger partial charge in [0.2, 0.25) is 0 Å². The predicted octanol–water partition coefficient (Wildman–Crippen LogP) is 3.47. The minimum Gasteiger partial charge on any atom is -0.412 e. The molecule has 2 heterocycles. The highest BCUT2D eigenvalue weighted by Crippen LogP contribution is 2.52. The third-order valence-electron chi connectivity index (χ3n) is 6.12. The second-order valence-corrected chi connectivity index (χ2v) is 9.69. The molecule has 2 aliphatic rings. The molecule has 184 valence electrons. The zero-order chi connectivity index (χ0) is 23.9. The minimum absolute atomic E-state index is 0. The van der Waals surface area contributed by atoms with Crippen LogP contribution in [-0.4, -0.2) is 33.0 Å². The highest BCUT2D eigenvalue weighted by atomic mass is 32.2. The molecule has 0 radical (unpaired) electrons. The molecule has 35 heavy (non-hydrogen) atoms. The van der Waals surface area contributed by atoms with Gasteiger partial charge in [0.05, 0.1) is 22.1 Å². The van der Waals surface area contributed by atoms with E-state index in [1.165, 1.54) is 12.1 Å². The van der Waals surface area contributed by atoms with Gasteiger partial charge in [-0.05, 0) is 48.2 Å². The number of ether oxygens (including phenoxy) is 2. The van der Waals surface area contributed by atoms with Gasteiger partial charge >= 0.3 is 6.29 Å². The summed E-state index contributed by atoms with van der Waals surface area (Å²) in [6.07, 6.45) is -0.653. The van der Waals surface area contributed by atoms with Crippen LogP contribution in [0.2, 0.25) is 0 Å². The van der Waals surface area contributed by atoms with Crippen molar-refractivity contribution in [2.24, 2.45) is 0 Å². The van der Waals surface area contributed by atoms with Crippen molar-refractivity contribution in [2.75, 3.05) is 6.26 Å². The van der Waals surface area contributed by atoms with Crippen LogP contribution in [0.4, 0.5) is 8.78 Å². The lowest BCUT2D eigenvalue weighted by Gasteiger charge is -2.15. The van der Waals surface area contributed by atoms with Crippen molar-refractivity contribution < 1.29 is 32.7 Å². The summed E-state index contributed by atoms with van der Waals surface area (Å²) >= 11 is 0. The van der Waals surface area contributed by atoms with Crippen LogP contribution in [-0.2, 0) is 34.2 Å². The maximum absolute atomic E-state index is 13.4. The summed E-state index contributed by atoms with van der Waals surface area (Å²) in [5.74, 6) is -0.0848. The van der Waals surface area contributed by atoms with E-state index in [4.69, 9.17) is 0 Å². The number of benzene rings is 2. The van der Waals surface area contributed by atoms with Crippen molar-refractivity contribution >= 4 is 16.8 Å². The fraction of sp³-hybridized carbons (Fsp3) is 0.280. The second-order valence-electron chi connectivity index (χ2n) is 8.50. The van der Waals surface area contributed by atoms with Crippen LogP contribution in [0.15, 0.2) is 60.7 Å². The number of alkyl halides is 2. The van der Waals surface area contributed by atoms with E-state index in [-0.39, 0.29) is 29.2 Å². The molecule has 0 bridgehead atoms. The minimum atomic E-state index is -3.68. The SMILES string of the molecule is CS(=O)NCc1ccc(-c2cccc(CC(=O)C3(c4ccc5c(c4)OC(F)(F)O5)CC3)n2)cc1.O. The summed E-state index contributed by atoms with van der Waals surface area (Å²) < 4.78 is 49.8. The van der Waals surface area contributed by atoms with Gasteiger partial charge in [0.1, 0.15) is 5.78 Å². The quantitative estimate of drug-likeness (QED) is 0.507. The van der Waals surface area contributed by atoms with Crippen LogP contribution >= 0.6 is 0 Å². The first-order chi connectivity index (χ1) is 16.2. The Labute approximate surface area is 203 Å². The molecule has 7 nitrogen and oxygen atoms in total. The largest absolute Gasteiger partial charge is 0.586 e. The molecule has 10 heteroatoms. The Morgan fingerprint density at radius 1 is 1.06 bits per heavy atom. The number of hydrogen-bond donors (Lipinski definition) is 1. The van der Waals surface area contributed by atoms with Gasteiger partial charge in [-0.3, -0.25) is 9.78 Å². The second kappa shape index (κ2) is 9.44. The molecule has 0 saturated heterocycles. The Morgan fingerprint density at radius 3 is 2.46 bits per heavy atom. The van der Waals surface area contributed by atoms with E-state index < -0.39 is 22.7 Å². The molecule has 1 aliphatic carbocycles. The molecule has 0 amide bonds. The van der Waals surface area contributed by atoms with Crippen LogP contribution in [0.25, 0.3) is 11.3 Å². The molecule has 1 unspecified atom stereocenters. The van der Waals surface area contributed by atoms with E-state index in [0.717, 1.165) is 16.8 Å². The molecule has 0 spiro atoms. The van der Waals surface area contributed by atoms with E-state index >= 15 is 0 Å². The van der Waals surface area contributed by atoms with Crippen molar-refractivity contribution in [3.05, 3.63) is 77.5 Å². The Kier molecular flexibility index (Phi) is 6.72. The zero-order valence-corrected chi connectivity index (χ0v) is 19.7. The first kappa shape index (κ1) is 24.9. The number of fused-ring (bicyclic) bond motifs is 1. The van der Waals surface area contributed by atoms with Crippen molar-refractivity contribution in [3.8, 4) is 22.8 Å². The van der Waals surface area contributed by atoms with Gasteiger partial charge in [0.25, 0.3) is 0 Å². The smallest absolute Gasteiger partial charge is 0.412 e. The number of nitrogens with one attached hydrogen (secondary N) is 1. The number of halogens is 2. The van der Waals surface area contributed by atoms with E-state index in [0.29, 0.717) is 30.6 Å². The topological polar surface area (TPSA) is 109 Å². The molecule has 1 aliphatic heterocycles. The molecule has 3 N–H and O–H groups in total. The molecule has 5 rings (SSSR count). The van der Waals surface area contributed by atoms with Gasteiger partial charge in [0.15, 0.2) is 11.5 Å². The summed E-state index contributed by atoms with van der Waals surface area (Å²) in [4.78, 5) is 17.9. The number of carbonyl (C=O) groups is 1. The van der Waals surface area contributed by atoms with E-state index in [1.54, 1.807) is 12.3 Å². The maximum Gasteiger partial charge on any atom is 0.586 e. The number of nitrogens with zero attached hydrogens (tertiary/aromatic N) is 1. The first-order valence-corrected chi connectivity index (χ1v) is 12.4. The lowest BCUT2D eigenvalue weighted by Crippen LogP contribution is -2.26. The maximum atomic E-state index is 13.4. The fourth-order valence-electron chi connectivity index (χ4n) is 4.15. The normalized spacial score (nSPS) is 17.3. The first-order valence-electron chi connectivity index (χ1n) is 10.8. The number of rotatable bonds is 8. The number of carbonyl (C=O) groups excluding carboxylic acids is 1. The lowest BCUT2D eigenvalue weighted by atomic mass is 9.88. The highest BCUT2D eigenvalue weighted by Gasteiger charge is 2.52. The predicted molar refractivity (Wildman–Crippen MR) is 126 cm³/mol. The van der Waals surface area contributed by atoms with Crippen molar-refractivity contribution in [1.82, 2.24) is 9.71 Å². The zero-order valence-electron chi connectivity index (χ0n) is 18.8. The molecule has 1 saturated carbocycles. The van der Waals surface area contributed by atoms with Gasteiger partial charge < -0.3 is 14.9 Å². The van der Waals surface area contributed by atoms with Crippen molar-refractivity contribution in [3.63, 3.8) is 0 Å². The van der Waals surface area contributed by atoms with Crippen LogP contribution in [0.1, 0.15) is 29.7 Å². The summed E-state index contributed by atoms with van der Waals surface area (Å²) in [5.41, 5.74) is 3.26. The standard InChI is InChI=1S/C25H22F2N2O4S.H2O/c1-34(31)28-15-16-5-7-17(8-6-16)20-4-2-3-19(29-20)14-23(30)24(11-12-24)18-9-10-21-22(13-18)33-25(26,27)32-21;/h2-10,13,28H,11-12,14-15H2,1H3;1H2. The molecular weight excluding hydrogens is 478 g/mol. The molecular formula is C25H24F2N2O5S. The number of pyridine rings is 1. The molecule has 1 fully saturated rings. The van der Waals surface area contributed by atoms with Gasteiger partial charge in [-0.15, -0.1) is 8.78 Å². The van der Waals surface area contributed by atoms with Crippen LogP contribution in [0.5, 0.6) is 11.5 Å². The molecule has 1 aromatic heterocycles. The van der Waals surface area contributed by atoms with E-state index in [2.05, 4.69) is 19.2 Å². The Bertz CT molecular complexity index is 1280. The Hall–Kier alpha value is -3.21. The lowest BCUT2D eigenvalue weighted by molar-refractivity contribution is -0.286. The van der Waals surface area contributed by atoms with Crippen LogP contribution in [0, 0.1) is 0 Å². The summed E-state index contributed by atoms with van der Waals surface area (Å²) in [6, 6.07) is 17.9. The third kappa shape index (κ3) is 5.24. The monoisotopic (exact) mass is 502 g/mol. The van der Waals surface area contributed by atoms with Gasteiger partial charge in [-0.25, -0.2) is 8.93 Å². The third-order valence-corrected chi connectivity index (χ3v) is 6.67. The van der Waals surface area contributed by atoms with Crippen molar-refractivity contribution in [1.29, 1.82) is 0 Å². The van der Waals surface area contributed by atoms with E-state index in [1.807, 2.05) is 42.5 Å². The Balaban J connectivity index is 0.00000289. The van der Waals surface area contributed by atoms with Gasteiger partial charge in [-0.2, -0.15) is 0 Å². The summed E-state index contributed by atoms with van der Waals surface area (Å²) in [6.45, 7) is 0.505. The molecule has 2 aromatic carbocycles. The molecule has 1 atom stereocenters. The van der Waals surface area contributed by atoms with Gasteiger partial charge in [0, 0.05) is 30.5 Å². The van der Waals surface area contributed by atoms with E-state index in [9.17, 15) is 17.8 Å². The molecule has 3 aromatic rings. The number of Topliss-reactive ketones (excluding diaryl/α,β-unsaturated/α-hetero) is 1. The average Bonchev–Trinajstić information content (AvgIpc) is 3.55. The number of aromatic nitrogens is 1. The highest BCUT2D eigenvalue weighted by molar-refractivity contribution is 7.82. The number of ketones is 1.